The number of rotatable bonds is 10. The molecule has 2 heterocycles. The van der Waals surface area contributed by atoms with Gasteiger partial charge >= 0.3 is 6.03 Å². The number of hydrogen-bond donors (Lipinski definition) is 3. The van der Waals surface area contributed by atoms with E-state index in [0.29, 0.717) is 30.9 Å². The van der Waals surface area contributed by atoms with Gasteiger partial charge in [0.1, 0.15) is 17.6 Å². The molecule has 0 spiro atoms. The molecule has 0 atom stereocenters. The molecule has 1 saturated heterocycles. The van der Waals surface area contributed by atoms with Crippen molar-refractivity contribution in [1.29, 1.82) is 0 Å². The molecule has 1 aliphatic heterocycles. The predicted molar refractivity (Wildman–Crippen MR) is 139 cm³/mol. The highest BCUT2D eigenvalue weighted by atomic mass is 16.5. The van der Waals surface area contributed by atoms with Gasteiger partial charge in [0.2, 0.25) is 0 Å². The Balaban J connectivity index is 1.55. The second-order valence-corrected chi connectivity index (χ2v) is 9.10. The zero-order valence-corrected chi connectivity index (χ0v) is 20.9. The van der Waals surface area contributed by atoms with Crippen LogP contribution >= 0.6 is 0 Å². The van der Waals surface area contributed by atoms with Crippen molar-refractivity contribution in [1.82, 2.24) is 20.0 Å². The number of piperidine rings is 1. The molecular weight excluding hydrogens is 458 g/mol. The van der Waals surface area contributed by atoms with Crippen molar-refractivity contribution in [3.05, 3.63) is 60.4 Å². The Hall–Kier alpha value is -3.56. The Morgan fingerprint density at radius 2 is 2.06 bits per heavy atom. The summed E-state index contributed by atoms with van der Waals surface area (Å²) in [7, 11) is 3.74. The summed E-state index contributed by atoms with van der Waals surface area (Å²) in [6.45, 7) is 2.76. The fourth-order valence-corrected chi connectivity index (χ4v) is 4.29. The van der Waals surface area contributed by atoms with Crippen molar-refractivity contribution in [3.8, 4) is 22.6 Å². The van der Waals surface area contributed by atoms with Crippen molar-refractivity contribution < 1.29 is 19.4 Å². The maximum absolute atomic E-state index is 13.4. The van der Waals surface area contributed by atoms with Crippen LogP contribution in [0.5, 0.6) is 11.5 Å². The number of aliphatic hydroxyl groups is 1. The van der Waals surface area contributed by atoms with Crippen LogP contribution in [0.25, 0.3) is 11.1 Å². The summed E-state index contributed by atoms with van der Waals surface area (Å²) < 4.78 is 11.8. The minimum atomic E-state index is -0.254. The van der Waals surface area contributed by atoms with E-state index in [2.05, 4.69) is 27.5 Å². The van der Waals surface area contributed by atoms with Crippen LogP contribution in [0.3, 0.4) is 0 Å². The van der Waals surface area contributed by atoms with Gasteiger partial charge in [0.05, 0.1) is 19.0 Å². The number of anilines is 1. The van der Waals surface area contributed by atoms with Gasteiger partial charge in [-0.1, -0.05) is 18.2 Å². The van der Waals surface area contributed by atoms with E-state index in [0.717, 1.165) is 48.4 Å². The Morgan fingerprint density at radius 3 is 2.78 bits per heavy atom. The number of hydrogen-bond acceptors (Lipinski definition) is 6. The van der Waals surface area contributed by atoms with Crippen LogP contribution < -0.4 is 14.8 Å². The molecule has 1 fully saturated rings. The van der Waals surface area contributed by atoms with Gasteiger partial charge in [0, 0.05) is 44.5 Å². The van der Waals surface area contributed by atoms with E-state index in [-0.39, 0.29) is 18.7 Å². The molecule has 1 aromatic heterocycles. The average Bonchev–Trinajstić information content (AvgIpc) is 3.44. The van der Waals surface area contributed by atoms with Gasteiger partial charge in [-0.15, -0.1) is 0 Å². The fourth-order valence-electron chi connectivity index (χ4n) is 4.29. The quantitative estimate of drug-likeness (QED) is 0.395. The Kier molecular flexibility index (Phi) is 8.80. The van der Waals surface area contributed by atoms with Crippen LogP contribution in [0.2, 0.25) is 0 Å². The Labute approximate surface area is 212 Å². The summed E-state index contributed by atoms with van der Waals surface area (Å²) in [6.07, 6.45) is 6.01. The molecule has 0 saturated carbocycles. The van der Waals surface area contributed by atoms with E-state index in [1.807, 2.05) is 48.7 Å². The number of amides is 2. The van der Waals surface area contributed by atoms with Crippen molar-refractivity contribution in [3.63, 3.8) is 0 Å². The highest BCUT2D eigenvalue weighted by Gasteiger charge is 2.22. The number of likely N-dealkylation sites (tertiary alicyclic amines) is 1. The minimum Gasteiger partial charge on any atom is -0.497 e. The van der Waals surface area contributed by atoms with Gasteiger partial charge in [-0.3, -0.25) is 5.10 Å². The van der Waals surface area contributed by atoms with Crippen molar-refractivity contribution >= 4 is 11.7 Å². The first kappa shape index (κ1) is 25.5. The summed E-state index contributed by atoms with van der Waals surface area (Å²) in [4.78, 5) is 17.4. The molecule has 9 heteroatoms. The SMILES string of the molecule is COc1cccc(CN(CCCO)C(=O)Nc2ccc(-c3cn[nH]c3)cc2OC2CCN(C)CC2)c1. The number of aliphatic hydroxyl groups excluding tert-OH is 1. The number of ether oxygens (including phenoxy) is 2. The summed E-state index contributed by atoms with van der Waals surface area (Å²) in [5.41, 5.74) is 3.47. The molecule has 0 radical (unpaired) electrons. The lowest BCUT2D eigenvalue weighted by Crippen LogP contribution is -2.37. The lowest BCUT2D eigenvalue weighted by molar-refractivity contribution is 0.115. The second kappa shape index (κ2) is 12.4. The molecule has 4 rings (SSSR count). The first-order valence-corrected chi connectivity index (χ1v) is 12.3. The van der Waals surface area contributed by atoms with Gasteiger partial charge in [-0.25, -0.2) is 4.79 Å². The van der Waals surface area contributed by atoms with Crippen LogP contribution in [-0.2, 0) is 6.54 Å². The Bertz CT molecular complexity index is 1110. The van der Waals surface area contributed by atoms with Crippen LogP contribution in [0.4, 0.5) is 10.5 Å². The van der Waals surface area contributed by atoms with Crippen molar-refractivity contribution in [2.45, 2.75) is 31.9 Å². The van der Waals surface area contributed by atoms with Crippen LogP contribution in [0.15, 0.2) is 54.9 Å². The Morgan fingerprint density at radius 1 is 1.22 bits per heavy atom. The smallest absolute Gasteiger partial charge is 0.322 e. The number of nitrogens with one attached hydrogen (secondary N) is 2. The number of carbonyl (C=O) groups is 1. The molecule has 9 nitrogen and oxygen atoms in total. The number of urea groups is 1. The number of carbonyl (C=O) groups excluding carboxylic acids is 1. The molecule has 3 N–H and O–H groups in total. The molecule has 192 valence electrons. The summed E-state index contributed by atoms with van der Waals surface area (Å²) >= 11 is 0. The molecule has 2 aromatic carbocycles. The lowest BCUT2D eigenvalue weighted by Gasteiger charge is -2.30. The normalized spacial score (nSPS) is 14.4. The van der Waals surface area contributed by atoms with E-state index < -0.39 is 0 Å². The highest BCUT2D eigenvalue weighted by Crippen LogP contribution is 2.33. The van der Waals surface area contributed by atoms with Gasteiger partial charge in [-0.05, 0) is 61.7 Å². The van der Waals surface area contributed by atoms with E-state index in [1.54, 1.807) is 18.2 Å². The van der Waals surface area contributed by atoms with E-state index in [4.69, 9.17) is 9.47 Å². The molecule has 36 heavy (non-hydrogen) atoms. The average molecular weight is 494 g/mol. The van der Waals surface area contributed by atoms with Gasteiger partial charge in [-0.2, -0.15) is 5.10 Å². The molecule has 0 unspecified atom stereocenters. The zero-order chi connectivity index (χ0) is 25.3. The lowest BCUT2D eigenvalue weighted by atomic mass is 10.1. The second-order valence-electron chi connectivity index (χ2n) is 9.10. The van der Waals surface area contributed by atoms with E-state index in [9.17, 15) is 9.90 Å². The third-order valence-corrected chi connectivity index (χ3v) is 6.39. The number of H-pyrrole nitrogens is 1. The number of benzene rings is 2. The first-order chi connectivity index (χ1) is 17.6. The maximum atomic E-state index is 13.4. The minimum absolute atomic E-state index is 0.00573. The largest absolute Gasteiger partial charge is 0.497 e. The summed E-state index contributed by atoms with van der Waals surface area (Å²) in [5, 5.41) is 19.3. The number of nitrogens with zero attached hydrogens (tertiary/aromatic N) is 3. The van der Waals surface area contributed by atoms with Crippen LogP contribution in [-0.4, -0.2) is 77.6 Å². The third kappa shape index (κ3) is 6.77. The number of aromatic amines is 1. The molecular formula is C27H35N5O4. The van der Waals surface area contributed by atoms with Crippen LogP contribution in [0, 0.1) is 0 Å². The molecule has 3 aromatic rings. The predicted octanol–water partition coefficient (Wildman–Crippen LogP) is 3.97. The van der Waals surface area contributed by atoms with Gasteiger partial charge in [0.25, 0.3) is 0 Å². The molecule has 1 aliphatic rings. The third-order valence-electron chi connectivity index (χ3n) is 6.39. The van der Waals surface area contributed by atoms with Gasteiger partial charge < -0.3 is 29.7 Å². The van der Waals surface area contributed by atoms with Crippen molar-refractivity contribution in [2.24, 2.45) is 0 Å². The number of aromatic nitrogens is 2. The monoisotopic (exact) mass is 493 g/mol. The molecule has 2 amide bonds. The summed E-state index contributed by atoms with van der Waals surface area (Å²) in [5.74, 6) is 1.37. The molecule has 0 bridgehead atoms. The standard InChI is InChI=1S/C27H35N5O4/c1-31-12-9-23(10-13-31)36-26-16-21(22-17-28-29-18-22)7-8-25(26)30-27(34)32(11-4-14-33)19-20-5-3-6-24(15-20)35-2/h3,5-8,15-18,23,33H,4,9-14,19H2,1-2H3,(H,28,29)(H,30,34). The fraction of sp³-hybridized carbons (Fsp3) is 0.407. The van der Waals surface area contributed by atoms with E-state index in [1.165, 1.54) is 0 Å². The highest BCUT2D eigenvalue weighted by molar-refractivity contribution is 5.91. The summed E-state index contributed by atoms with van der Waals surface area (Å²) in [6, 6.07) is 13.2. The molecule has 0 aliphatic carbocycles. The van der Waals surface area contributed by atoms with E-state index >= 15 is 0 Å². The van der Waals surface area contributed by atoms with Crippen LogP contribution in [0.1, 0.15) is 24.8 Å². The zero-order valence-electron chi connectivity index (χ0n) is 20.9. The number of methoxy groups -OCH3 is 1. The maximum Gasteiger partial charge on any atom is 0.322 e. The topological polar surface area (TPSA) is 103 Å². The first-order valence-electron chi connectivity index (χ1n) is 12.3. The van der Waals surface area contributed by atoms with Gasteiger partial charge in [0.15, 0.2) is 0 Å². The van der Waals surface area contributed by atoms with Crippen molar-refractivity contribution in [2.75, 3.05) is 45.7 Å².